The lowest BCUT2D eigenvalue weighted by Gasteiger charge is -2.08. The van der Waals surface area contributed by atoms with Crippen molar-refractivity contribution in [2.45, 2.75) is 12.7 Å². The van der Waals surface area contributed by atoms with Crippen LogP contribution in [0.4, 0.5) is 17.6 Å². The lowest BCUT2D eigenvalue weighted by molar-refractivity contribution is -0.141. The third kappa shape index (κ3) is 3.68. The molecule has 1 aromatic heterocycles. The van der Waals surface area contributed by atoms with E-state index in [9.17, 15) is 17.6 Å². The molecule has 0 saturated carbocycles. The second-order valence-corrected chi connectivity index (χ2v) is 3.98. The third-order valence-corrected chi connectivity index (χ3v) is 2.58. The molecule has 2 rings (SSSR count). The van der Waals surface area contributed by atoms with Crippen LogP contribution < -0.4 is 5.73 Å². The number of benzene rings is 1. The van der Waals surface area contributed by atoms with Crippen molar-refractivity contribution in [2.24, 2.45) is 5.73 Å². The SMILES string of the molecule is Cl.NCc1cc(F)cc(-c2ccc(C(F)(F)F)nc2)c1. The predicted molar refractivity (Wildman–Crippen MR) is 69.8 cm³/mol. The van der Waals surface area contributed by atoms with E-state index in [4.69, 9.17) is 5.73 Å². The Bertz CT molecular complexity index is 582. The minimum atomic E-state index is -4.48. The Morgan fingerprint density at radius 2 is 1.75 bits per heavy atom. The van der Waals surface area contributed by atoms with Gasteiger partial charge in [0.25, 0.3) is 0 Å². The first-order valence-electron chi connectivity index (χ1n) is 5.43. The highest BCUT2D eigenvalue weighted by molar-refractivity contribution is 5.85. The molecule has 0 amide bonds. The first kappa shape index (κ1) is 16.4. The van der Waals surface area contributed by atoms with Crippen LogP contribution in [0.15, 0.2) is 36.5 Å². The van der Waals surface area contributed by atoms with E-state index < -0.39 is 17.7 Å². The van der Waals surface area contributed by atoms with E-state index in [-0.39, 0.29) is 19.0 Å². The highest BCUT2D eigenvalue weighted by Crippen LogP contribution is 2.29. The molecular weight excluding hydrogens is 296 g/mol. The first-order valence-corrected chi connectivity index (χ1v) is 5.43. The standard InChI is InChI=1S/C13H10F4N2.ClH/c14-11-4-8(6-18)3-10(5-11)9-1-2-12(19-7-9)13(15,16)17;/h1-5,7H,6,18H2;1H. The molecule has 0 aliphatic rings. The molecule has 7 heteroatoms. The summed E-state index contributed by atoms with van der Waals surface area (Å²) in [6.45, 7) is 0.152. The number of rotatable bonds is 2. The van der Waals surface area contributed by atoms with Gasteiger partial charge >= 0.3 is 6.18 Å². The van der Waals surface area contributed by atoms with E-state index in [2.05, 4.69) is 4.98 Å². The van der Waals surface area contributed by atoms with E-state index in [1.54, 1.807) is 6.07 Å². The lowest BCUT2D eigenvalue weighted by Crippen LogP contribution is -2.07. The van der Waals surface area contributed by atoms with E-state index in [0.717, 1.165) is 12.3 Å². The molecule has 0 aliphatic heterocycles. The molecule has 2 N–H and O–H groups in total. The Labute approximate surface area is 119 Å². The fourth-order valence-corrected chi connectivity index (χ4v) is 1.67. The number of hydrogen-bond donors (Lipinski definition) is 1. The maximum absolute atomic E-state index is 13.3. The van der Waals surface area contributed by atoms with Gasteiger partial charge in [-0.25, -0.2) is 4.39 Å². The number of nitrogens with two attached hydrogens (primary N) is 1. The third-order valence-electron chi connectivity index (χ3n) is 2.58. The summed E-state index contributed by atoms with van der Waals surface area (Å²) in [6, 6.07) is 6.24. The van der Waals surface area contributed by atoms with Crippen LogP contribution in [0.5, 0.6) is 0 Å². The van der Waals surface area contributed by atoms with Gasteiger partial charge in [-0.2, -0.15) is 13.2 Å². The first-order chi connectivity index (χ1) is 8.90. The van der Waals surface area contributed by atoms with Crippen molar-refractivity contribution in [3.63, 3.8) is 0 Å². The van der Waals surface area contributed by atoms with Crippen LogP contribution in [0.25, 0.3) is 11.1 Å². The Balaban J connectivity index is 0.00000200. The fraction of sp³-hybridized carbons (Fsp3) is 0.154. The summed E-state index contributed by atoms with van der Waals surface area (Å²) >= 11 is 0. The van der Waals surface area contributed by atoms with Crippen LogP contribution >= 0.6 is 12.4 Å². The number of pyridine rings is 1. The van der Waals surface area contributed by atoms with Crippen LogP contribution in [0.1, 0.15) is 11.3 Å². The summed E-state index contributed by atoms with van der Waals surface area (Å²) in [5.74, 6) is -0.488. The molecule has 0 atom stereocenters. The summed E-state index contributed by atoms with van der Waals surface area (Å²) < 4.78 is 50.4. The molecule has 0 saturated heterocycles. The normalized spacial score (nSPS) is 11.1. The maximum atomic E-state index is 13.3. The smallest absolute Gasteiger partial charge is 0.326 e. The van der Waals surface area contributed by atoms with Crippen LogP contribution in [0, 0.1) is 5.82 Å². The van der Waals surface area contributed by atoms with Gasteiger partial charge in [-0.05, 0) is 35.4 Å². The molecule has 0 spiro atoms. The van der Waals surface area contributed by atoms with Gasteiger partial charge in [-0.15, -0.1) is 12.4 Å². The van der Waals surface area contributed by atoms with Crippen LogP contribution in [-0.4, -0.2) is 4.98 Å². The second-order valence-electron chi connectivity index (χ2n) is 3.98. The summed E-state index contributed by atoms with van der Waals surface area (Å²) in [5.41, 5.74) is 5.85. The van der Waals surface area contributed by atoms with Gasteiger partial charge in [0.2, 0.25) is 0 Å². The summed E-state index contributed by atoms with van der Waals surface area (Å²) in [6.07, 6.45) is -3.42. The van der Waals surface area contributed by atoms with Crippen LogP contribution in [0.2, 0.25) is 0 Å². The van der Waals surface area contributed by atoms with Crippen LogP contribution in [-0.2, 0) is 12.7 Å². The number of nitrogens with zero attached hydrogens (tertiary/aromatic N) is 1. The largest absolute Gasteiger partial charge is 0.433 e. The number of alkyl halides is 3. The molecule has 0 unspecified atom stereocenters. The average molecular weight is 307 g/mol. The molecule has 2 nitrogen and oxygen atoms in total. The summed E-state index contributed by atoms with van der Waals surface area (Å²) in [7, 11) is 0. The quantitative estimate of drug-likeness (QED) is 0.857. The van der Waals surface area contributed by atoms with E-state index in [1.165, 1.54) is 18.2 Å². The Morgan fingerprint density at radius 3 is 2.25 bits per heavy atom. The monoisotopic (exact) mass is 306 g/mol. The Morgan fingerprint density at radius 1 is 1.05 bits per heavy atom. The highest BCUT2D eigenvalue weighted by atomic mass is 35.5. The zero-order chi connectivity index (χ0) is 14.0. The number of aromatic nitrogens is 1. The van der Waals surface area contributed by atoms with Crippen molar-refractivity contribution in [1.82, 2.24) is 4.98 Å². The lowest BCUT2D eigenvalue weighted by atomic mass is 10.0. The van der Waals surface area contributed by atoms with E-state index in [1.807, 2.05) is 0 Å². The average Bonchev–Trinajstić information content (AvgIpc) is 2.37. The Kier molecular flexibility index (Phi) is 5.08. The van der Waals surface area contributed by atoms with E-state index >= 15 is 0 Å². The second kappa shape index (κ2) is 6.19. The molecule has 0 fully saturated rings. The molecule has 2 aromatic rings. The molecule has 1 heterocycles. The number of hydrogen-bond acceptors (Lipinski definition) is 2. The van der Waals surface area contributed by atoms with Crippen molar-refractivity contribution in [3.05, 3.63) is 53.6 Å². The topological polar surface area (TPSA) is 38.9 Å². The highest BCUT2D eigenvalue weighted by Gasteiger charge is 2.32. The van der Waals surface area contributed by atoms with Gasteiger partial charge in [-0.1, -0.05) is 6.07 Å². The van der Waals surface area contributed by atoms with Crippen molar-refractivity contribution >= 4 is 12.4 Å². The van der Waals surface area contributed by atoms with Gasteiger partial charge in [-0.3, -0.25) is 4.98 Å². The van der Waals surface area contributed by atoms with Gasteiger partial charge in [0, 0.05) is 18.3 Å². The van der Waals surface area contributed by atoms with Gasteiger partial charge < -0.3 is 5.73 Å². The minimum Gasteiger partial charge on any atom is -0.326 e. The van der Waals surface area contributed by atoms with Crippen molar-refractivity contribution in [2.75, 3.05) is 0 Å². The minimum absolute atomic E-state index is 0. The molecular formula is C13H11ClF4N2. The molecule has 20 heavy (non-hydrogen) atoms. The molecule has 108 valence electrons. The van der Waals surface area contributed by atoms with Gasteiger partial charge in [0.05, 0.1) is 0 Å². The molecule has 0 bridgehead atoms. The zero-order valence-electron chi connectivity index (χ0n) is 10.1. The summed E-state index contributed by atoms with van der Waals surface area (Å²) in [4.78, 5) is 3.33. The molecule has 0 radical (unpaired) electrons. The van der Waals surface area contributed by atoms with Crippen molar-refractivity contribution < 1.29 is 17.6 Å². The molecule has 1 aromatic carbocycles. The maximum Gasteiger partial charge on any atom is 0.433 e. The fourth-order valence-electron chi connectivity index (χ4n) is 1.67. The van der Waals surface area contributed by atoms with Gasteiger partial charge in [0.1, 0.15) is 11.5 Å². The van der Waals surface area contributed by atoms with Crippen LogP contribution in [0.3, 0.4) is 0 Å². The number of halogens is 5. The predicted octanol–water partition coefficient (Wildman–Crippen LogP) is 3.79. The Hall–Kier alpha value is -1.66. The van der Waals surface area contributed by atoms with Gasteiger partial charge in [0.15, 0.2) is 0 Å². The molecule has 0 aliphatic carbocycles. The van der Waals surface area contributed by atoms with E-state index in [0.29, 0.717) is 16.7 Å². The summed E-state index contributed by atoms with van der Waals surface area (Å²) in [5, 5.41) is 0. The van der Waals surface area contributed by atoms with Crippen molar-refractivity contribution in [1.29, 1.82) is 0 Å². The zero-order valence-corrected chi connectivity index (χ0v) is 10.9. The van der Waals surface area contributed by atoms with Crippen molar-refractivity contribution in [3.8, 4) is 11.1 Å².